The van der Waals surface area contributed by atoms with E-state index in [1.54, 1.807) is 0 Å². The van der Waals surface area contributed by atoms with Gasteiger partial charge >= 0.3 is 0 Å². The normalized spacial score (nSPS) is 35.8. The van der Waals surface area contributed by atoms with Gasteiger partial charge in [-0.2, -0.15) is 0 Å². The van der Waals surface area contributed by atoms with E-state index in [-0.39, 0.29) is 5.41 Å². The van der Waals surface area contributed by atoms with Gasteiger partial charge < -0.3 is 5.11 Å². The Morgan fingerprint density at radius 3 is 2.15 bits per heavy atom. The largest absolute Gasteiger partial charge is 0.390 e. The molecule has 0 aromatic carbocycles. The minimum atomic E-state index is -0.517. The smallest absolute Gasteiger partial charge is 0.0645 e. The van der Waals surface area contributed by atoms with Crippen LogP contribution in [-0.4, -0.2) is 10.7 Å². The Hall–Kier alpha value is -0.0400. The minimum absolute atomic E-state index is 0.141. The van der Waals surface area contributed by atoms with Crippen LogP contribution in [0.2, 0.25) is 0 Å². The topological polar surface area (TPSA) is 20.2 Å². The van der Waals surface area contributed by atoms with E-state index in [0.29, 0.717) is 0 Å². The Morgan fingerprint density at radius 2 is 1.92 bits per heavy atom. The van der Waals surface area contributed by atoms with Gasteiger partial charge in [0.05, 0.1) is 5.60 Å². The van der Waals surface area contributed by atoms with E-state index in [0.717, 1.165) is 11.8 Å². The zero-order chi connectivity index (χ0) is 10.3. The Balaban J connectivity index is 2.67. The minimum Gasteiger partial charge on any atom is -0.390 e. The van der Waals surface area contributed by atoms with Gasteiger partial charge in [-0.1, -0.05) is 20.8 Å². The quantitative estimate of drug-likeness (QED) is 0.698. The van der Waals surface area contributed by atoms with E-state index in [1.165, 1.54) is 19.3 Å². The van der Waals surface area contributed by atoms with E-state index in [4.69, 9.17) is 0 Å². The van der Waals surface area contributed by atoms with Crippen molar-refractivity contribution in [3.05, 3.63) is 0 Å². The fourth-order valence-corrected chi connectivity index (χ4v) is 2.41. The number of aliphatic hydroxyl groups is 1. The maximum Gasteiger partial charge on any atom is 0.0645 e. The zero-order valence-corrected chi connectivity index (χ0v) is 9.72. The molecular formula is C12H24O. The average molecular weight is 184 g/mol. The summed E-state index contributed by atoms with van der Waals surface area (Å²) in [5.41, 5.74) is -0.376. The van der Waals surface area contributed by atoms with Crippen molar-refractivity contribution in [2.75, 3.05) is 0 Å². The summed E-state index contributed by atoms with van der Waals surface area (Å²) in [4.78, 5) is 0. The molecule has 13 heavy (non-hydrogen) atoms. The van der Waals surface area contributed by atoms with Gasteiger partial charge in [0.25, 0.3) is 0 Å². The lowest BCUT2D eigenvalue weighted by atomic mass is 9.73. The maximum atomic E-state index is 10.1. The summed E-state index contributed by atoms with van der Waals surface area (Å²) in [7, 11) is 0. The van der Waals surface area contributed by atoms with Crippen molar-refractivity contribution in [3.63, 3.8) is 0 Å². The molecule has 1 aliphatic rings. The molecule has 0 unspecified atom stereocenters. The predicted octanol–water partition coefficient (Wildman–Crippen LogP) is 3.22. The van der Waals surface area contributed by atoms with Crippen molar-refractivity contribution in [2.24, 2.45) is 17.3 Å². The summed E-state index contributed by atoms with van der Waals surface area (Å²) in [6.07, 6.45) is 3.66. The summed E-state index contributed by atoms with van der Waals surface area (Å²) in [5, 5.41) is 10.1. The molecule has 78 valence electrons. The second kappa shape index (κ2) is 3.27. The third-order valence-corrected chi connectivity index (χ3v) is 4.20. The van der Waals surface area contributed by atoms with Crippen LogP contribution < -0.4 is 0 Å². The summed E-state index contributed by atoms with van der Waals surface area (Å²) < 4.78 is 0. The Kier molecular flexibility index (Phi) is 2.78. The lowest BCUT2D eigenvalue weighted by Gasteiger charge is -2.37. The number of hydrogen-bond donors (Lipinski definition) is 1. The summed E-state index contributed by atoms with van der Waals surface area (Å²) in [5.74, 6) is 1.58. The molecule has 1 N–H and O–H groups in total. The highest BCUT2D eigenvalue weighted by atomic mass is 16.3. The maximum absolute atomic E-state index is 10.1. The molecule has 0 radical (unpaired) electrons. The van der Waals surface area contributed by atoms with Crippen LogP contribution in [0.25, 0.3) is 0 Å². The zero-order valence-electron chi connectivity index (χ0n) is 9.72. The SMILES string of the molecule is CC(C)[C@@H]1CC[C@](C)(C(C)(C)O)C1. The molecule has 1 aliphatic carbocycles. The first kappa shape index (κ1) is 11.0. The molecule has 0 spiro atoms. The van der Waals surface area contributed by atoms with Gasteiger partial charge in [0.15, 0.2) is 0 Å². The second-order valence-electron chi connectivity index (χ2n) is 5.87. The van der Waals surface area contributed by atoms with Crippen molar-refractivity contribution < 1.29 is 5.11 Å². The van der Waals surface area contributed by atoms with Crippen LogP contribution in [-0.2, 0) is 0 Å². The van der Waals surface area contributed by atoms with E-state index in [9.17, 15) is 5.11 Å². The first-order valence-electron chi connectivity index (χ1n) is 5.49. The van der Waals surface area contributed by atoms with Gasteiger partial charge in [-0.25, -0.2) is 0 Å². The van der Waals surface area contributed by atoms with Crippen LogP contribution in [0, 0.1) is 17.3 Å². The summed E-state index contributed by atoms with van der Waals surface area (Å²) in [6, 6.07) is 0. The van der Waals surface area contributed by atoms with Crippen molar-refractivity contribution in [1.29, 1.82) is 0 Å². The second-order valence-corrected chi connectivity index (χ2v) is 5.87. The van der Waals surface area contributed by atoms with E-state index < -0.39 is 5.60 Å². The lowest BCUT2D eigenvalue weighted by molar-refractivity contribution is -0.0446. The van der Waals surface area contributed by atoms with Gasteiger partial charge in [-0.05, 0) is 50.4 Å². The van der Waals surface area contributed by atoms with E-state index in [1.807, 2.05) is 13.8 Å². The highest BCUT2D eigenvalue weighted by Crippen LogP contribution is 2.50. The van der Waals surface area contributed by atoms with Crippen LogP contribution in [0.3, 0.4) is 0 Å². The molecule has 1 heteroatoms. The first-order chi connectivity index (χ1) is 5.76. The molecule has 1 nitrogen and oxygen atoms in total. The highest BCUT2D eigenvalue weighted by Gasteiger charge is 2.45. The summed E-state index contributed by atoms with van der Waals surface area (Å²) in [6.45, 7) is 10.7. The van der Waals surface area contributed by atoms with Crippen molar-refractivity contribution >= 4 is 0 Å². The molecule has 0 aromatic heterocycles. The third kappa shape index (κ3) is 2.07. The van der Waals surface area contributed by atoms with Crippen LogP contribution in [0.15, 0.2) is 0 Å². The highest BCUT2D eigenvalue weighted by molar-refractivity contribution is 4.96. The molecule has 0 amide bonds. The molecule has 0 aromatic rings. The van der Waals surface area contributed by atoms with Crippen LogP contribution in [0.1, 0.15) is 53.9 Å². The van der Waals surface area contributed by atoms with Gasteiger partial charge in [-0.15, -0.1) is 0 Å². The van der Waals surface area contributed by atoms with Gasteiger partial charge in [0.1, 0.15) is 0 Å². The van der Waals surface area contributed by atoms with Gasteiger partial charge in [0, 0.05) is 0 Å². The first-order valence-corrected chi connectivity index (χ1v) is 5.49. The van der Waals surface area contributed by atoms with Crippen molar-refractivity contribution in [2.45, 2.75) is 59.5 Å². The average Bonchev–Trinajstić information content (AvgIpc) is 2.31. The molecule has 1 rings (SSSR count). The predicted molar refractivity (Wildman–Crippen MR) is 56.6 cm³/mol. The van der Waals surface area contributed by atoms with Crippen LogP contribution in [0.5, 0.6) is 0 Å². The summed E-state index contributed by atoms with van der Waals surface area (Å²) >= 11 is 0. The number of hydrogen-bond acceptors (Lipinski definition) is 1. The van der Waals surface area contributed by atoms with Crippen LogP contribution in [0.4, 0.5) is 0 Å². The molecule has 1 saturated carbocycles. The fraction of sp³-hybridized carbons (Fsp3) is 1.00. The Morgan fingerprint density at radius 1 is 1.38 bits per heavy atom. The molecular weight excluding hydrogens is 160 g/mol. The van der Waals surface area contributed by atoms with E-state index >= 15 is 0 Å². The standard InChI is InChI=1S/C12H24O/c1-9(2)10-6-7-12(5,8-10)11(3,4)13/h9-10,13H,6-8H2,1-5H3/t10-,12+/m1/s1. The molecule has 0 bridgehead atoms. The van der Waals surface area contributed by atoms with Gasteiger partial charge in [0.2, 0.25) is 0 Å². The third-order valence-electron chi connectivity index (χ3n) is 4.20. The van der Waals surface area contributed by atoms with Crippen LogP contribution >= 0.6 is 0 Å². The molecule has 2 atom stereocenters. The van der Waals surface area contributed by atoms with Crippen molar-refractivity contribution in [1.82, 2.24) is 0 Å². The lowest BCUT2D eigenvalue weighted by Crippen LogP contribution is -2.39. The Bertz CT molecular complexity index is 178. The Labute approximate surface area is 82.5 Å². The number of rotatable bonds is 2. The fourth-order valence-electron chi connectivity index (χ4n) is 2.41. The van der Waals surface area contributed by atoms with Gasteiger partial charge in [-0.3, -0.25) is 0 Å². The molecule has 0 aliphatic heterocycles. The molecule has 0 saturated heterocycles. The van der Waals surface area contributed by atoms with Crippen molar-refractivity contribution in [3.8, 4) is 0 Å². The van der Waals surface area contributed by atoms with E-state index in [2.05, 4.69) is 20.8 Å². The monoisotopic (exact) mass is 184 g/mol. The molecule has 0 heterocycles. The molecule has 1 fully saturated rings.